The zero-order valence-corrected chi connectivity index (χ0v) is 30.9. The predicted octanol–water partition coefficient (Wildman–Crippen LogP) is 6.45. The van der Waals surface area contributed by atoms with Crippen LogP contribution in [0.2, 0.25) is 0 Å². The number of ether oxygens (including phenoxy) is 2. The van der Waals surface area contributed by atoms with E-state index in [4.69, 9.17) is 9.47 Å². The molecule has 2 aromatic heterocycles. The molecule has 56 heavy (non-hydrogen) atoms. The molecule has 4 heterocycles. The van der Waals surface area contributed by atoms with E-state index in [1.165, 1.54) is 17.2 Å². The van der Waals surface area contributed by atoms with Crippen molar-refractivity contribution in [3.63, 3.8) is 0 Å². The van der Waals surface area contributed by atoms with E-state index < -0.39 is 29.8 Å². The lowest BCUT2D eigenvalue weighted by Gasteiger charge is -2.29. The number of thiazole rings is 1. The minimum absolute atomic E-state index is 0.0237. The Labute approximate surface area is 322 Å². The molecule has 4 amide bonds. The minimum atomic E-state index is -4.67. The van der Waals surface area contributed by atoms with Crippen LogP contribution in [0, 0.1) is 0 Å². The van der Waals surface area contributed by atoms with Crippen LogP contribution in [0.25, 0.3) is 31.9 Å². The zero-order valence-electron chi connectivity index (χ0n) is 30.1. The second-order valence-corrected chi connectivity index (χ2v) is 14.4. The number of nitrogens with one attached hydrogen (secondary N) is 1. The molecule has 2 aliphatic rings. The number of aromatic nitrogens is 2. The fraction of sp³-hybridized carbons (Fsp3) is 0.282. The Morgan fingerprint density at radius 2 is 1.77 bits per heavy atom. The summed E-state index contributed by atoms with van der Waals surface area (Å²) in [6.45, 7) is 0.457. The molecular weight excluding hydrogens is 754 g/mol. The predicted molar refractivity (Wildman–Crippen MR) is 202 cm³/mol. The number of imide groups is 1. The Kier molecular flexibility index (Phi) is 10.6. The number of fused-ring (bicyclic) bond motifs is 2. The van der Waals surface area contributed by atoms with Crippen LogP contribution in [0.3, 0.4) is 0 Å². The van der Waals surface area contributed by atoms with E-state index in [1.807, 2.05) is 14.1 Å². The number of benzene rings is 3. The van der Waals surface area contributed by atoms with Crippen LogP contribution in [-0.2, 0) is 27.0 Å². The molecule has 5 aromatic rings. The van der Waals surface area contributed by atoms with E-state index >= 15 is 0 Å². The highest BCUT2D eigenvalue weighted by Crippen LogP contribution is 2.42. The Bertz CT molecular complexity index is 2330. The molecule has 2 aliphatic heterocycles. The number of alkyl halides is 3. The molecule has 0 radical (unpaired) electrons. The van der Waals surface area contributed by atoms with Crippen LogP contribution >= 0.6 is 11.3 Å². The Balaban J connectivity index is 0.961. The van der Waals surface area contributed by atoms with Gasteiger partial charge in [-0.1, -0.05) is 12.1 Å². The van der Waals surface area contributed by atoms with E-state index in [-0.39, 0.29) is 68.1 Å². The largest absolute Gasteiger partial charge is 0.491 e. The normalized spacial score (nSPS) is 15.6. The van der Waals surface area contributed by atoms with Crippen molar-refractivity contribution in [1.82, 2.24) is 20.2 Å². The van der Waals surface area contributed by atoms with Crippen molar-refractivity contribution in [1.29, 1.82) is 0 Å². The highest BCUT2D eigenvalue weighted by molar-refractivity contribution is 7.21. The number of piperidine rings is 1. The monoisotopic (exact) mass is 788 g/mol. The number of carbonyl (C=O) groups excluding carboxylic acids is 3. The Morgan fingerprint density at radius 3 is 2.48 bits per heavy atom. The van der Waals surface area contributed by atoms with Gasteiger partial charge in [0.05, 0.1) is 35.5 Å². The van der Waals surface area contributed by atoms with E-state index in [0.717, 1.165) is 22.3 Å². The molecule has 0 aliphatic carbocycles. The lowest BCUT2D eigenvalue weighted by atomic mass is 10.00. The third kappa shape index (κ3) is 7.99. The Hall–Kier alpha value is -6.07. The second kappa shape index (κ2) is 15.6. The molecule has 13 nitrogen and oxygen atoms in total. The highest BCUT2D eigenvalue weighted by Gasteiger charge is 2.39. The fourth-order valence-corrected chi connectivity index (χ4v) is 7.65. The summed E-state index contributed by atoms with van der Waals surface area (Å²) < 4.78 is 55.1. The fourth-order valence-electron chi connectivity index (χ4n) is 6.61. The molecule has 3 aromatic carbocycles. The lowest BCUT2D eigenvalue weighted by Crippen LogP contribution is -2.52. The molecule has 1 saturated heterocycles. The molecule has 7 rings (SSSR count). The summed E-state index contributed by atoms with van der Waals surface area (Å²) in [4.78, 5) is 62.1. The number of nitrogens with zero attached hydrogens (tertiary/aromatic N) is 5. The standard InChI is InChI=1S/C39H35F3N6O7S/c1-46(2)33-11-4-23(20-43-33)22-3-7-28(29(18-22)39(40,41)42)36-44-30-9-5-25(19-32(30)56-36)47(38(52)53)13-14-54-15-16-55-26-6-8-27-24(17-26)21-48(37(27)51)31-10-12-34(49)45-35(31)50/h3-9,11,17-20,31H,10,12-16,21H2,1-2H3,(H,52,53)(H,45,49,50). The van der Waals surface area contributed by atoms with Crippen LogP contribution in [-0.4, -0.2) is 90.3 Å². The number of carbonyl (C=O) groups is 4. The third-order valence-electron chi connectivity index (χ3n) is 9.46. The maximum Gasteiger partial charge on any atom is 0.417 e. The molecule has 0 bridgehead atoms. The smallest absolute Gasteiger partial charge is 0.417 e. The third-order valence-corrected chi connectivity index (χ3v) is 10.5. The second-order valence-electron chi connectivity index (χ2n) is 13.3. The van der Waals surface area contributed by atoms with Crippen LogP contribution in [0.4, 0.5) is 29.5 Å². The van der Waals surface area contributed by atoms with Gasteiger partial charge in [-0.15, -0.1) is 11.3 Å². The van der Waals surface area contributed by atoms with Gasteiger partial charge in [-0.3, -0.25) is 24.6 Å². The number of rotatable bonds is 12. The maximum atomic E-state index is 14.4. The summed E-state index contributed by atoms with van der Waals surface area (Å²) in [7, 11) is 3.64. The number of halogens is 3. The quantitative estimate of drug-likeness (QED) is 0.107. The molecule has 290 valence electrons. The van der Waals surface area contributed by atoms with Gasteiger partial charge in [0.15, 0.2) is 0 Å². The summed E-state index contributed by atoms with van der Waals surface area (Å²) in [5.41, 5.74) is 1.84. The van der Waals surface area contributed by atoms with Crippen LogP contribution in [0.5, 0.6) is 5.75 Å². The van der Waals surface area contributed by atoms with Gasteiger partial charge in [0.25, 0.3) is 5.91 Å². The number of hydrogen-bond donors (Lipinski definition) is 2. The molecular formula is C39H35F3N6O7S. The van der Waals surface area contributed by atoms with E-state index in [1.54, 1.807) is 59.5 Å². The number of anilines is 2. The summed E-state index contributed by atoms with van der Waals surface area (Å²) in [5, 5.41) is 12.4. The first kappa shape index (κ1) is 38.2. The summed E-state index contributed by atoms with van der Waals surface area (Å²) in [5.74, 6) is 0.0245. The molecule has 1 fully saturated rings. The molecule has 17 heteroatoms. The molecule has 0 spiro atoms. The van der Waals surface area contributed by atoms with Crippen molar-refractivity contribution in [3.05, 3.63) is 89.6 Å². The molecule has 0 saturated carbocycles. The number of pyridine rings is 1. The van der Waals surface area contributed by atoms with Gasteiger partial charge in [-0.2, -0.15) is 13.2 Å². The minimum Gasteiger partial charge on any atom is -0.491 e. The average molecular weight is 789 g/mol. The molecule has 1 atom stereocenters. The van der Waals surface area contributed by atoms with Crippen LogP contribution in [0.15, 0.2) is 72.9 Å². The van der Waals surface area contributed by atoms with E-state index in [2.05, 4.69) is 15.3 Å². The zero-order chi connectivity index (χ0) is 39.7. The number of amides is 4. The highest BCUT2D eigenvalue weighted by atomic mass is 32.1. The van der Waals surface area contributed by atoms with Crippen LogP contribution in [0.1, 0.15) is 34.3 Å². The topological polar surface area (TPSA) is 154 Å². The SMILES string of the molecule is CN(C)c1ccc(-c2ccc(-c3nc4ccc(N(CCOCCOc5ccc6c(c5)CN(C5CCC(=O)NC5=O)C6=O)C(=O)O)cc4s3)c(C(F)(F)F)c2)cn1. The van der Waals surface area contributed by atoms with Gasteiger partial charge >= 0.3 is 12.3 Å². The lowest BCUT2D eigenvalue weighted by molar-refractivity contribution is -0.138. The maximum absolute atomic E-state index is 14.4. The number of hydrogen-bond acceptors (Lipinski definition) is 10. The first-order chi connectivity index (χ1) is 26.8. The van der Waals surface area contributed by atoms with Gasteiger partial charge < -0.3 is 24.4 Å². The van der Waals surface area contributed by atoms with Gasteiger partial charge in [0, 0.05) is 55.6 Å². The first-order valence-electron chi connectivity index (χ1n) is 17.5. The van der Waals surface area contributed by atoms with E-state index in [0.29, 0.717) is 49.7 Å². The van der Waals surface area contributed by atoms with Gasteiger partial charge in [0.2, 0.25) is 11.8 Å². The van der Waals surface area contributed by atoms with Crippen LogP contribution < -0.4 is 19.9 Å². The van der Waals surface area contributed by atoms with Gasteiger partial charge in [-0.05, 0) is 72.1 Å². The first-order valence-corrected chi connectivity index (χ1v) is 18.3. The van der Waals surface area contributed by atoms with E-state index in [9.17, 15) is 37.5 Å². The summed E-state index contributed by atoms with van der Waals surface area (Å²) >= 11 is 1.03. The van der Waals surface area contributed by atoms with Crippen molar-refractivity contribution >= 4 is 56.9 Å². The van der Waals surface area contributed by atoms with Crippen molar-refractivity contribution < 1.29 is 46.9 Å². The van der Waals surface area contributed by atoms with Gasteiger partial charge in [0.1, 0.15) is 29.2 Å². The summed E-state index contributed by atoms with van der Waals surface area (Å²) in [6, 6.07) is 16.5. The summed E-state index contributed by atoms with van der Waals surface area (Å²) in [6.07, 6.45) is -3.96. The van der Waals surface area contributed by atoms with Gasteiger partial charge in [-0.25, -0.2) is 14.8 Å². The van der Waals surface area contributed by atoms with Crippen molar-refractivity contribution in [2.45, 2.75) is 31.6 Å². The van der Waals surface area contributed by atoms with Crippen molar-refractivity contribution in [3.8, 4) is 27.4 Å². The number of carboxylic acid groups (broad SMARTS) is 1. The molecule has 1 unspecified atom stereocenters. The van der Waals surface area contributed by atoms with Crippen molar-refractivity contribution in [2.24, 2.45) is 0 Å². The average Bonchev–Trinajstić information content (AvgIpc) is 3.74. The van der Waals surface area contributed by atoms with Crippen molar-refractivity contribution in [2.75, 3.05) is 50.3 Å². The Morgan fingerprint density at radius 1 is 0.982 bits per heavy atom. The molecule has 2 N–H and O–H groups in total.